The van der Waals surface area contributed by atoms with E-state index in [4.69, 9.17) is 9.15 Å². The largest absolute Gasteiger partial charge is 0.467 e. The number of carbonyl (C=O) groups is 1. The van der Waals surface area contributed by atoms with Gasteiger partial charge in [0, 0.05) is 26.2 Å². The van der Waals surface area contributed by atoms with Crippen molar-refractivity contribution in [2.45, 2.75) is 36.9 Å². The highest BCUT2D eigenvalue weighted by Gasteiger charge is 2.30. The summed E-state index contributed by atoms with van der Waals surface area (Å²) in [6.45, 7) is 1.87. The summed E-state index contributed by atoms with van der Waals surface area (Å²) in [6, 6.07) is 3.81. The number of amides is 1. The lowest BCUT2D eigenvalue weighted by Gasteiger charge is -2.08. The van der Waals surface area contributed by atoms with Crippen LogP contribution in [0.2, 0.25) is 0 Å². The van der Waals surface area contributed by atoms with Gasteiger partial charge in [0.25, 0.3) is 0 Å². The monoisotopic (exact) mass is 350 g/mol. The van der Waals surface area contributed by atoms with Crippen molar-refractivity contribution in [3.05, 3.63) is 30.0 Å². The fourth-order valence-electron chi connectivity index (χ4n) is 2.38. The van der Waals surface area contributed by atoms with Crippen molar-refractivity contribution in [3.8, 4) is 0 Å². The summed E-state index contributed by atoms with van der Waals surface area (Å²) in [6.07, 6.45) is 4.78. The van der Waals surface area contributed by atoms with Crippen LogP contribution in [0.3, 0.4) is 0 Å². The van der Waals surface area contributed by atoms with Gasteiger partial charge in [-0.15, -0.1) is 10.2 Å². The van der Waals surface area contributed by atoms with E-state index in [1.165, 1.54) is 11.8 Å². The molecular weight excluding hydrogens is 328 g/mol. The highest BCUT2D eigenvalue weighted by atomic mass is 32.2. The summed E-state index contributed by atoms with van der Waals surface area (Å²) in [4.78, 5) is 11.9. The van der Waals surface area contributed by atoms with E-state index in [1.54, 1.807) is 13.4 Å². The number of hydrogen-bond donors (Lipinski definition) is 1. The van der Waals surface area contributed by atoms with Crippen LogP contribution in [0.1, 0.15) is 36.8 Å². The molecule has 0 saturated heterocycles. The van der Waals surface area contributed by atoms with Gasteiger partial charge in [-0.2, -0.15) is 0 Å². The molecule has 7 nitrogen and oxygen atoms in total. The zero-order valence-corrected chi connectivity index (χ0v) is 14.6. The van der Waals surface area contributed by atoms with Gasteiger partial charge in [-0.1, -0.05) is 11.8 Å². The Morgan fingerprint density at radius 3 is 3.08 bits per heavy atom. The Hall–Kier alpha value is -1.80. The van der Waals surface area contributed by atoms with E-state index in [9.17, 15) is 4.79 Å². The van der Waals surface area contributed by atoms with E-state index in [1.807, 2.05) is 12.1 Å². The molecule has 0 radical (unpaired) electrons. The Balaban J connectivity index is 1.57. The van der Waals surface area contributed by atoms with Gasteiger partial charge in [0.05, 0.1) is 18.6 Å². The number of aromatic nitrogens is 3. The minimum absolute atomic E-state index is 0.00313. The zero-order chi connectivity index (χ0) is 16.8. The number of hydrogen-bond acceptors (Lipinski definition) is 6. The van der Waals surface area contributed by atoms with Crippen LogP contribution in [-0.4, -0.2) is 46.7 Å². The lowest BCUT2D eigenvalue weighted by Crippen LogP contribution is -2.27. The van der Waals surface area contributed by atoms with E-state index < -0.39 is 0 Å². The summed E-state index contributed by atoms with van der Waals surface area (Å²) in [5.41, 5.74) is 0. The fraction of sp³-hybridized carbons (Fsp3) is 0.562. The van der Waals surface area contributed by atoms with Gasteiger partial charge in [0.2, 0.25) is 5.91 Å². The molecule has 1 aliphatic rings. The summed E-state index contributed by atoms with van der Waals surface area (Å²) in [5.74, 6) is 2.67. The van der Waals surface area contributed by atoms with Crippen LogP contribution >= 0.6 is 11.8 Å². The van der Waals surface area contributed by atoms with Crippen molar-refractivity contribution in [2.24, 2.45) is 0 Å². The fourth-order valence-corrected chi connectivity index (χ4v) is 3.16. The molecule has 0 bridgehead atoms. The SMILES string of the molecule is COCCCNC(=O)CSc1nnc(C2CC2)n1Cc1ccco1. The van der Waals surface area contributed by atoms with Gasteiger partial charge >= 0.3 is 0 Å². The van der Waals surface area contributed by atoms with Gasteiger partial charge in [0.15, 0.2) is 5.16 Å². The van der Waals surface area contributed by atoms with Crippen molar-refractivity contribution >= 4 is 17.7 Å². The van der Waals surface area contributed by atoms with Crippen molar-refractivity contribution in [3.63, 3.8) is 0 Å². The number of carbonyl (C=O) groups excluding carboxylic acids is 1. The molecule has 1 amide bonds. The molecule has 1 aliphatic carbocycles. The third-order valence-corrected chi connectivity index (χ3v) is 4.73. The van der Waals surface area contributed by atoms with Gasteiger partial charge in [-0.25, -0.2) is 0 Å². The molecule has 8 heteroatoms. The molecule has 130 valence electrons. The lowest BCUT2D eigenvalue weighted by atomic mass is 10.3. The summed E-state index contributed by atoms with van der Waals surface area (Å²) < 4.78 is 12.5. The number of methoxy groups -OCH3 is 1. The predicted octanol–water partition coefficient (Wildman–Crippen LogP) is 2.04. The van der Waals surface area contributed by atoms with Crippen LogP contribution in [0.5, 0.6) is 0 Å². The van der Waals surface area contributed by atoms with Gasteiger partial charge in [0.1, 0.15) is 11.6 Å². The molecule has 3 rings (SSSR count). The highest BCUT2D eigenvalue weighted by molar-refractivity contribution is 7.99. The smallest absolute Gasteiger partial charge is 0.230 e. The van der Waals surface area contributed by atoms with Gasteiger partial charge in [-0.3, -0.25) is 9.36 Å². The molecule has 2 aromatic rings. The standard InChI is InChI=1S/C16H22N4O3S/c1-22-8-3-7-17-14(21)11-24-16-19-18-15(12-5-6-12)20(16)10-13-4-2-9-23-13/h2,4,9,12H,3,5-8,10-11H2,1H3,(H,17,21). The molecule has 0 atom stereocenters. The van der Waals surface area contributed by atoms with Crippen LogP contribution in [0.15, 0.2) is 28.0 Å². The molecule has 1 saturated carbocycles. The molecule has 2 aromatic heterocycles. The van der Waals surface area contributed by atoms with Crippen molar-refractivity contribution in [1.82, 2.24) is 20.1 Å². The van der Waals surface area contributed by atoms with E-state index in [0.29, 0.717) is 31.4 Å². The van der Waals surface area contributed by atoms with Crippen molar-refractivity contribution in [2.75, 3.05) is 26.0 Å². The Morgan fingerprint density at radius 2 is 2.38 bits per heavy atom. The molecule has 1 N–H and O–H groups in total. The molecule has 0 aliphatic heterocycles. The van der Waals surface area contributed by atoms with Crippen LogP contribution < -0.4 is 5.32 Å². The first-order valence-electron chi connectivity index (χ1n) is 8.12. The maximum absolute atomic E-state index is 11.9. The van der Waals surface area contributed by atoms with Crippen LogP contribution in [0, 0.1) is 0 Å². The number of ether oxygens (including phenoxy) is 1. The summed E-state index contributed by atoms with van der Waals surface area (Å²) in [5, 5.41) is 12.2. The first-order valence-corrected chi connectivity index (χ1v) is 9.10. The summed E-state index contributed by atoms with van der Waals surface area (Å²) >= 11 is 1.41. The molecule has 0 spiro atoms. The Bertz CT molecular complexity index is 652. The van der Waals surface area contributed by atoms with E-state index in [0.717, 1.165) is 36.0 Å². The lowest BCUT2D eigenvalue weighted by molar-refractivity contribution is -0.118. The van der Waals surface area contributed by atoms with Crippen molar-refractivity contribution < 1.29 is 13.9 Å². The predicted molar refractivity (Wildman–Crippen MR) is 90.0 cm³/mol. The number of furan rings is 1. The maximum atomic E-state index is 11.9. The number of nitrogens with zero attached hydrogens (tertiary/aromatic N) is 3. The minimum Gasteiger partial charge on any atom is -0.467 e. The summed E-state index contributed by atoms with van der Waals surface area (Å²) in [7, 11) is 1.65. The van der Waals surface area contributed by atoms with E-state index in [-0.39, 0.29) is 5.91 Å². The highest BCUT2D eigenvalue weighted by Crippen LogP contribution is 2.40. The molecule has 24 heavy (non-hydrogen) atoms. The van der Waals surface area contributed by atoms with Crippen LogP contribution in [-0.2, 0) is 16.1 Å². The normalized spacial score (nSPS) is 14.0. The van der Waals surface area contributed by atoms with E-state index in [2.05, 4.69) is 20.1 Å². The van der Waals surface area contributed by atoms with Crippen LogP contribution in [0.25, 0.3) is 0 Å². The average molecular weight is 350 g/mol. The zero-order valence-electron chi connectivity index (χ0n) is 13.7. The Morgan fingerprint density at radius 1 is 1.50 bits per heavy atom. The third kappa shape index (κ3) is 4.61. The molecular formula is C16H22N4O3S. The van der Waals surface area contributed by atoms with Crippen LogP contribution in [0.4, 0.5) is 0 Å². The van der Waals surface area contributed by atoms with Gasteiger partial charge < -0.3 is 14.5 Å². The molecule has 1 fully saturated rings. The second kappa shape index (κ2) is 8.34. The average Bonchev–Trinajstić information content (AvgIpc) is 3.15. The van der Waals surface area contributed by atoms with Gasteiger partial charge in [-0.05, 0) is 31.4 Å². The Labute approximate surface area is 145 Å². The first-order chi connectivity index (χ1) is 11.8. The maximum Gasteiger partial charge on any atom is 0.230 e. The van der Waals surface area contributed by atoms with E-state index >= 15 is 0 Å². The third-order valence-electron chi connectivity index (χ3n) is 3.76. The first kappa shape index (κ1) is 17.0. The topological polar surface area (TPSA) is 82.2 Å². The van der Waals surface area contributed by atoms with Crippen molar-refractivity contribution in [1.29, 1.82) is 0 Å². The second-order valence-electron chi connectivity index (χ2n) is 5.77. The Kier molecular flexibility index (Phi) is 5.92. The number of thioether (sulfide) groups is 1. The second-order valence-corrected chi connectivity index (χ2v) is 6.71. The molecule has 0 unspecified atom stereocenters. The molecule has 0 aromatic carbocycles. The number of rotatable bonds is 10. The quantitative estimate of drug-likeness (QED) is 0.522. The molecule has 2 heterocycles. The number of nitrogens with one attached hydrogen (secondary N) is 1. The minimum atomic E-state index is -0.00313.